The summed E-state index contributed by atoms with van der Waals surface area (Å²) in [7, 11) is 0. The third-order valence-corrected chi connectivity index (χ3v) is 9.26. The largest absolute Gasteiger partial charge is 0.281 e. The first-order valence-corrected chi connectivity index (χ1v) is 12.5. The minimum absolute atomic E-state index is 0.956. The lowest BCUT2D eigenvalue weighted by molar-refractivity contribution is 0.141. The number of hydrogen-bond donors (Lipinski definition) is 0. The van der Waals surface area contributed by atoms with Crippen LogP contribution in [0.3, 0.4) is 0 Å². The van der Waals surface area contributed by atoms with Crippen LogP contribution in [0.4, 0.5) is 0 Å². The highest BCUT2D eigenvalue weighted by molar-refractivity contribution is 8.18. The van der Waals surface area contributed by atoms with Gasteiger partial charge in [0.05, 0.1) is 6.67 Å². The van der Waals surface area contributed by atoms with Crippen molar-refractivity contribution in [3.05, 3.63) is 102 Å². The summed E-state index contributed by atoms with van der Waals surface area (Å²) in [6.07, 6.45) is 2.01. The second kappa shape index (κ2) is 8.50. The predicted molar refractivity (Wildman–Crippen MR) is 119 cm³/mol. The molecule has 1 saturated heterocycles. The minimum Gasteiger partial charge on any atom is -0.281 e. The maximum absolute atomic E-state index is 6.33. The van der Waals surface area contributed by atoms with Crippen LogP contribution >= 0.6 is 6.04 Å². The Bertz CT molecular complexity index is 846. The van der Waals surface area contributed by atoms with Gasteiger partial charge in [-0.05, 0) is 16.4 Å². The minimum atomic E-state index is -1.67. The molecular formula is C23H25N2PS. The summed E-state index contributed by atoms with van der Waals surface area (Å²) >= 11 is 6.33. The Morgan fingerprint density at radius 3 is 1.48 bits per heavy atom. The summed E-state index contributed by atoms with van der Waals surface area (Å²) in [5.41, 5.74) is 2.71. The molecule has 0 saturated carbocycles. The monoisotopic (exact) mass is 392 g/mol. The van der Waals surface area contributed by atoms with E-state index in [0.29, 0.717) is 0 Å². The Labute approximate surface area is 167 Å². The van der Waals surface area contributed by atoms with E-state index in [9.17, 15) is 0 Å². The van der Waals surface area contributed by atoms with E-state index in [1.807, 2.05) is 0 Å². The topological polar surface area (TPSA) is 6.48 Å². The van der Waals surface area contributed by atoms with Crippen LogP contribution in [0.25, 0.3) is 0 Å². The molecule has 0 amide bonds. The highest BCUT2D eigenvalue weighted by Crippen LogP contribution is 2.49. The summed E-state index contributed by atoms with van der Waals surface area (Å²) in [4.78, 5) is 5.07. The van der Waals surface area contributed by atoms with Crippen LogP contribution in [0.2, 0.25) is 0 Å². The standard InChI is InChI=1S/C23H25N2PS/c27-26(23-14-8-3-9-15-23)19-24(16-21-10-4-1-5-11-21)18-25(20-26)17-22-12-6-2-7-13-22/h1-15H,16-20H2. The van der Waals surface area contributed by atoms with Gasteiger partial charge in [-0.3, -0.25) is 9.80 Å². The summed E-state index contributed by atoms with van der Waals surface area (Å²) < 4.78 is 0. The van der Waals surface area contributed by atoms with Gasteiger partial charge >= 0.3 is 0 Å². The molecule has 0 atom stereocenters. The fourth-order valence-corrected chi connectivity index (χ4v) is 7.96. The fraction of sp³-hybridized carbons (Fsp3) is 0.217. The molecular weight excluding hydrogens is 367 g/mol. The first-order chi connectivity index (χ1) is 13.2. The second-order valence-electron chi connectivity index (χ2n) is 7.28. The van der Waals surface area contributed by atoms with Crippen LogP contribution in [0.1, 0.15) is 11.1 Å². The molecule has 1 fully saturated rings. The van der Waals surface area contributed by atoms with E-state index in [1.165, 1.54) is 16.4 Å². The normalized spacial score (nSPS) is 17.6. The van der Waals surface area contributed by atoms with Crippen molar-refractivity contribution in [1.82, 2.24) is 9.80 Å². The lowest BCUT2D eigenvalue weighted by Gasteiger charge is -2.42. The van der Waals surface area contributed by atoms with Gasteiger partial charge in [0.15, 0.2) is 0 Å². The fourth-order valence-electron chi connectivity index (χ4n) is 3.81. The molecule has 4 rings (SSSR count). The summed E-state index contributed by atoms with van der Waals surface area (Å²) in [6.45, 7) is 2.88. The molecule has 1 aliphatic heterocycles. The van der Waals surface area contributed by atoms with Crippen molar-refractivity contribution >= 4 is 23.1 Å². The summed E-state index contributed by atoms with van der Waals surface area (Å²) in [6, 6.07) is 30.6. The lowest BCUT2D eigenvalue weighted by Crippen LogP contribution is -2.45. The summed E-state index contributed by atoms with van der Waals surface area (Å²) in [5.74, 6) is 0. The van der Waals surface area contributed by atoms with Crippen molar-refractivity contribution in [3.63, 3.8) is 0 Å². The molecule has 2 nitrogen and oxygen atoms in total. The maximum Gasteiger partial charge on any atom is 0.0520 e. The van der Waals surface area contributed by atoms with Gasteiger partial charge in [0.2, 0.25) is 0 Å². The van der Waals surface area contributed by atoms with Gasteiger partial charge in [-0.15, -0.1) is 0 Å². The maximum atomic E-state index is 6.33. The molecule has 4 heteroatoms. The molecule has 0 bridgehead atoms. The van der Waals surface area contributed by atoms with Gasteiger partial charge in [-0.1, -0.05) is 103 Å². The quantitative estimate of drug-likeness (QED) is 0.582. The van der Waals surface area contributed by atoms with E-state index in [-0.39, 0.29) is 0 Å². The Morgan fingerprint density at radius 2 is 1.04 bits per heavy atom. The van der Waals surface area contributed by atoms with Gasteiger partial charge in [0.25, 0.3) is 0 Å². The molecule has 0 spiro atoms. The zero-order valence-electron chi connectivity index (χ0n) is 15.4. The van der Waals surface area contributed by atoms with Gasteiger partial charge in [-0.2, -0.15) is 0 Å². The van der Waals surface area contributed by atoms with Crippen molar-refractivity contribution < 1.29 is 0 Å². The Kier molecular flexibility index (Phi) is 5.85. The Hall–Kier alpha value is -1.77. The van der Waals surface area contributed by atoms with Crippen LogP contribution in [0, 0.1) is 0 Å². The van der Waals surface area contributed by atoms with Crippen molar-refractivity contribution in [2.75, 3.05) is 19.2 Å². The van der Waals surface area contributed by atoms with Gasteiger partial charge in [0.1, 0.15) is 0 Å². The van der Waals surface area contributed by atoms with Crippen molar-refractivity contribution in [2.45, 2.75) is 13.1 Å². The van der Waals surface area contributed by atoms with Gasteiger partial charge in [-0.25, -0.2) is 0 Å². The highest BCUT2D eigenvalue weighted by Gasteiger charge is 2.31. The average molecular weight is 393 g/mol. The van der Waals surface area contributed by atoms with Gasteiger partial charge < -0.3 is 0 Å². The third kappa shape index (κ3) is 4.75. The van der Waals surface area contributed by atoms with Gasteiger partial charge in [0, 0.05) is 31.7 Å². The van der Waals surface area contributed by atoms with Crippen LogP contribution in [0.15, 0.2) is 91.0 Å². The van der Waals surface area contributed by atoms with Crippen LogP contribution in [-0.4, -0.2) is 29.0 Å². The van der Waals surface area contributed by atoms with Crippen LogP contribution < -0.4 is 5.30 Å². The number of rotatable bonds is 5. The van der Waals surface area contributed by atoms with Crippen LogP contribution in [0.5, 0.6) is 0 Å². The molecule has 1 heterocycles. The molecule has 0 unspecified atom stereocenters. The molecule has 3 aromatic carbocycles. The molecule has 138 valence electrons. The third-order valence-electron chi connectivity index (χ3n) is 4.98. The Morgan fingerprint density at radius 1 is 0.630 bits per heavy atom. The molecule has 27 heavy (non-hydrogen) atoms. The average Bonchev–Trinajstić information content (AvgIpc) is 2.70. The SMILES string of the molecule is S=P1(c2ccccc2)CN(Cc2ccccc2)CN(Cc2ccccc2)C1. The van der Waals surface area contributed by atoms with Crippen molar-refractivity contribution in [1.29, 1.82) is 0 Å². The van der Waals surface area contributed by atoms with E-state index in [1.54, 1.807) is 0 Å². The molecule has 1 aliphatic rings. The number of benzene rings is 3. The molecule has 0 radical (unpaired) electrons. The first kappa shape index (κ1) is 18.6. The van der Waals surface area contributed by atoms with Crippen LogP contribution in [-0.2, 0) is 24.9 Å². The van der Waals surface area contributed by atoms with E-state index in [4.69, 9.17) is 11.8 Å². The predicted octanol–water partition coefficient (Wildman–Crippen LogP) is 4.68. The van der Waals surface area contributed by atoms with E-state index in [0.717, 1.165) is 32.3 Å². The molecule has 0 N–H and O–H groups in total. The molecule has 3 aromatic rings. The Balaban J connectivity index is 1.59. The number of nitrogens with zero attached hydrogens (tertiary/aromatic N) is 2. The van der Waals surface area contributed by atoms with E-state index < -0.39 is 6.04 Å². The number of hydrogen-bond acceptors (Lipinski definition) is 3. The smallest absolute Gasteiger partial charge is 0.0520 e. The zero-order chi connectivity index (χ0) is 18.5. The van der Waals surface area contributed by atoms with E-state index in [2.05, 4.69) is 101 Å². The highest BCUT2D eigenvalue weighted by atomic mass is 32.4. The zero-order valence-corrected chi connectivity index (χ0v) is 17.2. The molecule has 0 aliphatic carbocycles. The van der Waals surface area contributed by atoms with Crippen molar-refractivity contribution in [2.24, 2.45) is 0 Å². The first-order valence-electron chi connectivity index (χ1n) is 9.38. The summed E-state index contributed by atoms with van der Waals surface area (Å²) in [5, 5.41) is 1.36. The lowest BCUT2D eigenvalue weighted by atomic mass is 10.2. The second-order valence-corrected chi connectivity index (χ2v) is 12.2. The van der Waals surface area contributed by atoms with Crippen molar-refractivity contribution in [3.8, 4) is 0 Å². The molecule has 0 aromatic heterocycles. The van der Waals surface area contributed by atoms with E-state index >= 15 is 0 Å².